The highest BCUT2D eigenvalue weighted by molar-refractivity contribution is 5.92. The van der Waals surface area contributed by atoms with Crippen LogP contribution in [0.3, 0.4) is 0 Å². The van der Waals surface area contributed by atoms with Crippen LogP contribution in [0.1, 0.15) is 31.0 Å². The Hall–Kier alpha value is -2.13. The molecule has 1 amide bonds. The molecule has 0 aliphatic rings. The van der Waals surface area contributed by atoms with Gasteiger partial charge < -0.3 is 10.6 Å². The van der Waals surface area contributed by atoms with E-state index in [1.165, 1.54) is 11.1 Å². The van der Waals surface area contributed by atoms with Crippen LogP contribution in [0.4, 0.5) is 5.69 Å². The summed E-state index contributed by atoms with van der Waals surface area (Å²) in [6.07, 6.45) is 1.00. The van der Waals surface area contributed by atoms with Gasteiger partial charge in [-0.25, -0.2) is 0 Å². The summed E-state index contributed by atoms with van der Waals surface area (Å²) in [6, 6.07) is 18.2. The van der Waals surface area contributed by atoms with E-state index in [1.807, 2.05) is 42.5 Å². The number of benzene rings is 2. The van der Waals surface area contributed by atoms with Crippen molar-refractivity contribution in [1.29, 1.82) is 0 Å². The molecule has 3 heteroatoms. The average Bonchev–Trinajstić information content (AvgIpc) is 2.54. The van der Waals surface area contributed by atoms with Gasteiger partial charge in [-0.1, -0.05) is 49.4 Å². The number of aryl methyl sites for hydroxylation is 1. The smallest absolute Gasteiger partial charge is 0.238 e. The first-order chi connectivity index (χ1) is 10.2. The normalized spacial score (nSPS) is 11.9. The second-order valence-electron chi connectivity index (χ2n) is 5.11. The molecule has 21 heavy (non-hydrogen) atoms. The van der Waals surface area contributed by atoms with Crippen LogP contribution >= 0.6 is 0 Å². The fourth-order valence-electron chi connectivity index (χ4n) is 2.13. The zero-order chi connectivity index (χ0) is 15.1. The number of carbonyl (C=O) groups is 1. The molecular weight excluding hydrogens is 260 g/mol. The quantitative estimate of drug-likeness (QED) is 0.851. The third-order valence-electron chi connectivity index (χ3n) is 3.51. The largest absolute Gasteiger partial charge is 0.325 e. The van der Waals surface area contributed by atoms with E-state index in [2.05, 4.69) is 36.6 Å². The van der Waals surface area contributed by atoms with Crippen molar-refractivity contribution in [2.45, 2.75) is 26.3 Å². The molecule has 3 nitrogen and oxygen atoms in total. The highest BCUT2D eigenvalue weighted by Gasteiger charge is 2.07. The van der Waals surface area contributed by atoms with Crippen molar-refractivity contribution in [3.8, 4) is 0 Å². The summed E-state index contributed by atoms with van der Waals surface area (Å²) >= 11 is 0. The Bertz CT molecular complexity index is 564. The van der Waals surface area contributed by atoms with E-state index >= 15 is 0 Å². The van der Waals surface area contributed by atoms with Crippen molar-refractivity contribution in [3.63, 3.8) is 0 Å². The molecule has 1 atom stereocenters. The standard InChI is InChI=1S/C18H22N2O/c1-3-15-9-11-17(12-10-15)20-18(21)13-19-14(2)16-7-5-4-6-8-16/h4-12,14,19H,3,13H2,1-2H3,(H,20,21). The van der Waals surface area contributed by atoms with Gasteiger partial charge in [0.15, 0.2) is 0 Å². The lowest BCUT2D eigenvalue weighted by Gasteiger charge is -2.14. The van der Waals surface area contributed by atoms with Crippen molar-refractivity contribution >= 4 is 11.6 Å². The third-order valence-corrected chi connectivity index (χ3v) is 3.51. The van der Waals surface area contributed by atoms with Crippen molar-refractivity contribution in [3.05, 3.63) is 65.7 Å². The molecule has 2 rings (SSSR count). The molecule has 0 saturated heterocycles. The molecule has 1 unspecified atom stereocenters. The first-order valence-corrected chi connectivity index (χ1v) is 7.36. The number of rotatable bonds is 6. The molecular formula is C18H22N2O. The highest BCUT2D eigenvalue weighted by atomic mass is 16.1. The summed E-state index contributed by atoms with van der Waals surface area (Å²) in [5, 5.41) is 6.13. The van der Waals surface area contributed by atoms with Gasteiger partial charge in [0.05, 0.1) is 6.54 Å². The molecule has 0 saturated carbocycles. The monoisotopic (exact) mass is 282 g/mol. The van der Waals surface area contributed by atoms with E-state index in [1.54, 1.807) is 0 Å². The summed E-state index contributed by atoms with van der Waals surface area (Å²) < 4.78 is 0. The van der Waals surface area contributed by atoms with Crippen molar-refractivity contribution < 1.29 is 4.79 Å². The minimum Gasteiger partial charge on any atom is -0.325 e. The van der Waals surface area contributed by atoms with Crippen LogP contribution in [-0.2, 0) is 11.2 Å². The molecule has 0 radical (unpaired) electrons. The molecule has 2 aromatic rings. The van der Waals surface area contributed by atoms with Crippen LogP contribution in [0.2, 0.25) is 0 Å². The number of anilines is 1. The molecule has 0 fully saturated rings. The Balaban J connectivity index is 1.81. The Morgan fingerprint density at radius 1 is 1.05 bits per heavy atom. The first kappa shape index (κ1) is 15.3. The predicted octanol–water partition coefficient (Wildman–Crippen LogP) is 3.54. The van der Waals surface area contributed by atoms with Crippen LogP contribution in [0, 0.1) is 0 Å². The van der Waals surface area contributed by atoms with Gasteiger partial charge in [0, 0.05) is 11.7 Å². The van der Waals surface area contributed by atoms with E-state index in [-0.39, 0.29) is 11.9 Å². The number of hydrogen-bond acceptors (Lipinski definition) is 2. The second-order valence-corrected chi connectivity index (χ2v) is 5.11. The van der Waals surface area contributed by atoms with E-state index in [0.717, 1.165) is 12.1 Å². The molecule has 0 aliphatic heterocycles. The van der Waals surface area contributed by atoms with E-state index in [4.69, 9.17) is 0 Å². The lowest BCUT2D eigenvalue weighted by molar-refractivity contribution is -0.115. The lowest BCUT2D eigenvalue weighted by Crippen LogP contribution is -2.30. The zero-order valence-corrected chi connectivity index (χ0v) is 12.6. The van der Waals surface area contributed by atoms with E-state index in [9.17, 15) is 4.79 Å². The minimum absolute atomic E-state index is 0.0259. The van der Waals surface area contributed by atoms with Gasteiger partial charge in [-0.05, 0) is 36.6 Å². The predicted molar refractivity (Wildman–Crippen MR) is 87.3 cm³/mol. The van der Waals surface area contributed by atoms with Crippen LogP contribution in [0.15, 0.2) is 54.6 Å². The fourth-order valence-corrected chi connectivity index (χ4v) is 2.13. The van der Waals surface area contributed by atoms with Crippen LogP contribution in [-0.4, -0.2) is 12.5 Å². The maximum Gasteiger partial charge on any atom is 0.238 e. The number of amides is 1. The highest BCUT2D eigenvalue weighted by Crippen LogP contribution is 2.12. The van der Waals surface area contributed by atoms with Crippen LogP contribution < -0.4 is 10.6 Å². The van der Waals surface area contributed by atoms with Gasteiger partial charge in [-0.15, -0.1) is 0 Å². The molecule has 0 spiro atoms. The van der Waals surface area contributed by atoms with E-state index in [0.29, 0.717) is 6.54 Å². The summed E-state index contributed by atoms with van der Waals surface area (Å²) in [5.41, 5.74) is 3.28. The van der Waals surface area contributed by atoms with Crippen molar-refractivity contribution in [1.82, 2.24) is 5.32 Å². The van der Waals surface area contributed by atoms with Crippen LogP contribution in [0.25, 0.3) is 0 Å². The van der Waals surface area contributed by atoms with Crippen LogP contribution in [0.5, 0.6) is 0 Å². The molecule has 2 N–H and O–H groups in total. The Morgan fingerprint density at radius 3 is 2.33 bits per heavy atom. The summed E-state index contributed by atoms with van der Waals surface area (Å²) in [5.74, 6) is -0.0259. The first-order valence-electron chi connectivity index (χ1n) is 7.36. The summed E-state index contributed by atoms with van der Waals surface area (Å²) in [7, 11) is 0. The Labute approximate surface area is 126 Å². The van der Waals surface area contributed by atoms with Gasteiger partial charge >= 0.3 is 0 Å². The van der Waals surface area contributed by atoms with Crippen molar-refractivity contribution in [2.24, 2.45) is 0 Å². The maximum atomic E-state index is 11.9. The Morgan fingerprint density at radius 2 is 1.71 bits per heavy atom. The summed E-state index contributed by atoms with van der Waals surface area (Å²) in [6.45, 7) is 4.47. The molecule has 0 aromatic heterocycles. The Kier molecular flexibility index (Phi) is 5.52. The SMILES string of the molecule is CCc1ccc(NC(=O)CNC(C)c2ccccc2)cc1. The average molecular weight is 282 g/mol. The molecule has 110 valence electrons. The van der Waals surface area contributed by atoms with Crippen molar-refractivity contribution in [2.75, 3.05) is 11.9 Å². The second kappa shape index (κ2) is 7.60. The number of hydrogen-bond donors (Lipinski definition) is 2. The van der Waals surface area contributed by atoms with Gasteiger partial charge in [0.2, 0.25) is 5.91 Å². The minimum atomic E-state index is -0.0259. The number of nitrogens with one attached hydrogen (secondary N) is 2. The lowest BCUT2D eigenvalue weighted by atomic mass is 10.1. The van der Waals surface area contributed by atoms with E-state index < -0.39 is 0 Å². The van der Waals surface area contributed by atoms with Gasteiger partial charge in [-0.3, -0.25) is 4.79 Å². The van der Waals surface area contributed by atoms with Gasteiger partial charge in [-0.2, -0.15) is 0 Å². The molecule has 0 aliphatic carbocycles. The van der Waals surface area contributed by atoms with Gasteiger partial charge in [0.1, 0.15) is 0 Å². The zero-order valence-electron chi connectivity index (χ0n) is 12.6. The maximum absolute atomic E-state index is 11.9. The topological polar surface area (TPSA) is 41.1 Å². The molecule has 2 aromatic carbocycles. The number of carbonyl (C=O) groups excluding carboxylic acids is 1. The van der Waals surface area contributed by atoms with Gasteiger partial charge in [0.25, 0.3) is 0 Å². The molecule has 0 heterocycles. The molecule has 0 bridgehead atoms. The fraction of sp³-hybridized carbons (Fsp3) is 0.278. The third kappa shape index (κ3) is 4.72. The summed E-state index contributed by atoms with van der Waals surface area (Å²) in [4.78, 5) is 11.9.